The first kappa shape index (κ1) is 22.6. The molecule has 1 amide bonds. The number of hydrogen-bond donors (Lipinski definition) is 0. The molecule has 4 aromatic rings. The van der Waals surface area contributed by atoms with Crippen LogP contribution in [0.1, 0.15) is 27.6 Å². The van der Waals surface area contributed by atoms with E-state index in [0.717, 1.165) is 45.2 Å². The first-order chi connectivity index (χ1) is 16.5. The van der Waals surface area contributed by atoms with E-state index in [0.29, 0.717) is 17.7 Å². The summed E-state index contributed by atoms with van der Waals surface area (Å²) in [5, 5.41) is 11.6. The number of carbonyl (C=O) groups excluding carboxylic acids is 1. The number of amides is 1. The summed E-state index contributed by atoms with van der Waals surface area (Å²) >= 11 is 2.89. The molecule has 1 aliphatic rings. The molecule has 3 heterocycles. The third kappa shape index (κ3) is 4.85. The van der Waals surface area contributed by atoms with Crippen LogP contribution in [0.4, 0.5) is 5.69 Å². The Bertz CT molecular complexity index is 1350. The van der Waals surface area contributed by atoms with Gasteiger partial charge >= 0.3 is 0 Å². The molecule has 9 heteroatoms. The number of thioether (sulfide) groups is 1. The number of carbonyl (C=O) groups is 1. The van der Waals surface area contributed by atoms with Gasteiger partial charge in [0.15, 0.2) is 6.61 Å². The molecule has 174 valence electrons. The topological polar surface area (TPSA) is 81.4 Å². The molecule has 5 rings (SSSR count). The summed E-state index contributed by atoms with van der Waals surface area (Å²) < 4.78 is 11.5. The maximum absolute atomic E-state index is 12.9. The summed E-state index contributed by atoms with van der Waals surface area (Å²) in [4.78, 5) is 19.3. The molecular formula is C25H24N4O3S2. The minimum atomic E-state index is 0.0207. The number of aromatic nitrogens is 3. The fraction of sp³-hybridized carbons (Fsp3) is 0.280. The second-order valence-corrected chi connectivity index (χ2v) is 10.2. The van der Waals surface area contributed by atoms with Gasteiger partial charge in [-0.25, -0.2) is 4.98 Å². The Kier molecular flexibility index (Phi) is 6.38. The predicted molar refractivity (Wildman–Crippen MR) is 134 cm³/mol. The lowest BCUT2D eigenvalue weighted by atomic mass is 10.1. The van der Waals surface area contributed by atoms with Gasteiger partial charge in [-0.2, -0.15) is 0 Å². The Labute approximate surface area is 206 Å². The average molecular weight is 493 g/mol. The summed E-state index contributed by atoms with van der Waals surface area (Å²) in [6.45, 7) is 6.88. The highest BCUT2D eigenvalue weighted by Gasteiger charge is 2.25. The fourth-order valence-electron chi connectivity index (χ4n) is 3.87. The van der Waals surface area contributed by atoms with Gasteiger partial charge < -0.3 is 14.1 Å². The molecule has 0 aliphatic carbocycles. The fourth-order valence-corrected chi connectivity index (χ4v) is 5.15. The number of rotatable bonds is 7. The molecule has 34 heavy (non-hydrogen) atoms. The maximum atomic E-state index is 12.9. The van der Waals surface area contributed by atoms with Crippen LogP contribution in [0.2, 0.25) is 0 Å². The quantitative estimate of drug-likeness (QED) is 0.320. The van der Waals surface area contributed by atoms with E-state index in [2.05, 4.69) is 26.6 Å². The molecule has 1 aliphatic heterocycles. The van der Waals surface area contributed by atoms with Crippen molar-refractivity contribution in [2.45, 2.75) is 39.0 Å². The van der Waals surface area contributed by atoms with Crippen LogP contribution in [-0.4, -0.2) is 33.4 Å². The van der Waals surface area contributed by atoms with E-state index in [1.165, 1.54) is 17.3 Å². The van der Waals surface area contributed by atoms with Gasteiger partial charge in [-0.1, -0.05) is 30.0 Å². The molecule has 0 bridgehead atoms. The number of benzene rings is 2. The average Bonchev–Trinajstić information content (AvgIpc) is 3.57. The van der Waals surface area contributed by atoms with Crippen molar-refractivity contribution in [1.29, 1.82) is 0 Å². The lowest BCUT2D eigenvalue weighted by molar-refractivity contribution is -0.116. The molecule has 0 saturated heterocycles. The third-order valence-electron chi connectivity index (χ3n) is 5.65. The lowest BCUT2D eigenvalue weighted by Crippen LogP contribution is -2.30. The van der Waals surface area contributed by atoms with Gasteiger partial charge in [0.2, 0.25) is 5.91 Å². The molecule has 2 aromatic heterocycles. The molecule has 0 N–H and O–H groups in total. The van der Waals surface area contributed by atoms with E-state index in [-0.39, 0.29) is 18.3 Å². The van der Waals surface area contributed by atoms with Gasteiger partial charge in [-0.3, -0.25) is 4.79 Å². The summed E-state index contributed by atoms with van der Waals surface area (Å²) in [5.41, 5.74) is 6.39. The van der Waals surface area contributed by atoms with Crippen molar-refractivity contribution in [3.8, 4) is 17.0 Å². The summed E-state index contributed by atoms with van der Waals surface area (Å²) in [6, 6.07) is 12.2. The molecule has 0 radical (unpaired) electrons. The lowest BCUT2D eigenvalue weighted by Gasteiger charge is -2.16. The molecule has 0 spiro atoms. The Morgan fingerprint density at radius 3 is 2.88 bits per heavy atom. The van der Waals surface area contributed by atoms with Crippen LogP contribution in [-0.2, 0) is 17.8 Å². The summed E-state index contributed by atoms with van der Waals surface area (Å²) in [7, 11) is 0. The van der Waals surface area contributed by atoms with Crippen molar-refractivity contribution in [1.82, 2.24) is 15.2 Å². The van der Waals surface area contributed by atoms with Crippen molar-refractivity contribution < 1.29 is 13.9 Å². The highest BCUT2D eigenvalue weighted by atomic mass is 32.2. The smallest absolute Gasteiger partial charge is 0.277 e. The van der Waals surface area contributed by atoms with E-state index in [1.807, 2.05) is 56.0 Å². The normalized spacial score (nSPS) is 12.7. The molecule has 0 atom stereocenters. The van der Waals surface area contributed by atoms with E-state index in [4.69, 9.17) is 9.15 Å². The van der Waals surface area contributed by atoms with Crippen LogP contribution in [0, 0.1) is 20.8 Å². The second-order valence-electron chi connectivity index (χ2n) is 8.20. The Hall–Kier alpha value is -3.17. The van der Waals surface area contributed by atoms with Crippen LogP contribution in [0.5, 0.6) is 5.75 Å². The Morgan fingerprint density at radius 1 is 1.18 bits per heavy atom. The number of anilines is 1. The SMILES string of the molecule is Cc1ccc(C)c(OCc2nnc(SCC(=O)N3CCc4cc(-c5csc(C)n5)ccc43)o2)c1. The summed E-state index contributed by atoms with van der Waals surface area (Å²) in [5.74, 6) is 1.43. The number of ether oxygens (including phenoxy) is 1. The monoisotopic (exact) mass is 492 g/mol. The van der Waals surface area contributed by atoms with E-state index >= 15 is 0 Å². The number of aryl methyl sites for hydroxylation is 3. The standard InChI is InChI=1S/C25H24N4O3S2/c1-15-4-5-16(2)22(10-15)31-12-23-27-28-25(32-23)34-14-24(30)29-9-8-19-11-18(6-7-21(19)29)20-13-33-17(3)26-20/h4-7,10-11,13H,8-9,12,14H2,1-3H3. The predicted octanol–water partition coefficient (Wildman–Crippen LogP) is 5.38. The second kappa shape index (κ2) is 9.60. The van der Waals surface area contributed by atoms with E-state index < -0.39 is 0 Å². The van der Waals surface area contributed by atoms with Gasteiger partial charge in [-0.15, -0.1) is 21.5 Å². The van der Waals surface area contributed by atoms with Gasteiger partial charge in [0.25, 0.3) is 11.1 Å². The minimum Gasteiger partial charge on any atom is -0.484 e. The van der Waals surface area contributed by atoms with Crippen LogP contribution < -0.4 is 9.64 Å². The van der Waals surface area contributed by atoms with Crippen molar-refractivity contribution in [2.75, 3.05) is 17.2 Å². The summed E-state index contributed by atoms with van der Waals surface area (Å²) in [6.07, 6.45) is 0.836. The van der Waals surface area contributed by atoms with Gasteiger partial charge in [0.05, 0.1) is 16.5 Å². The van der Waals surface area contributed by atoms with Crippen molar-refractivity contribution in [3.05, 3.63) is 69.4 Å². The molecule has 0 saturated carbocycles. The molecule has 7 nitrogen and oxygen atoms in total. The molecular weight excluding hydrogens is 468 g/mol. The molecule has 0 unspecified atom stereocenters. The largest absolute Gasteiger partial charge is 0.484 e. The zero-order valence-corrected chi connectivity index (χ0v) is 20.8. The number of thiazole rings is 1. The zero-order valence-electron chi connectivity index (χ0n) is 19.2. The third-order valence-corrected chi connectivity index (χ3v) is 7.23. The zero-order chi connectivity index (χ0) is 23.7. The highest BCUT2D eigenvalue weighted by molar-refractivity contribution is 7.99. The maximum Gasteiger partial charge on any atom is 0.277 e. The van der Waals surface area contributed by atoms with Crippen LogP contribution in [0.15, 0.2) is 51.4 Å². The first-order valence-electron chi connectivity index (χ1n) is 11.0. The van der Waals surface area contributed by atoms with Gasteiger partial charge in [0, 0.05) is 23.2 Å². The van der Waals surface area contributed by atoms with Crippen LogP contribution in [0.3, 0.4) is 0 Å². The molecule has 0 fully saturated rings. The first-order valence-corrected chi connectivity index (χ1v) is 12.8. The number of nitrogens with zero attached hydrogens (tertiary/aromatic N) is 4. The Morgan fingerprint density at radius 2 is 2.06 bits per heavy atom. The van der Waals surface area contributed by atoms with E-state index in [1.54, 1.807) is 11.3 Å². The minimum absolute atomic E-state index is 0.0207. The van der Waals surface area contributed by atoms with Gasteiger partial charge in [0.1, 0.15) is 5.75 Å². The highest BCUT2D eigenvalue weighted by Crippen LogP contribution is 2.33. The number of hydrogen-bond acceptors (Lipinski definition) is 8. The van der Waals surface area contributed by atoms with Crippen molar-refractivity contribution in [3.63, 3.8) is 0 Å². The van der Waals surface area contributed by atoms with Crippen LogP contribution >= 0.6 is 23.1 Å². The van der Waals surface area contributed by atoms with E-state index in [9.17, 15) is 4.79 Å². The van der Waals surface area contributed by atoms with Crippen LogP contribution in [0.25, 0.3) is 11.3 Å². The Balaban J connectivity index is 1.17. The van der Waals surface area contributed by atoms with Crippen molar-refractivity contribution >= 4 is 34.7 Å². The van der Waals surface area contributed by atoms with Gasteiger partial charge in [-0.05, 0) is 62.1 Å². The molecule has 2 aromatic carbocycles. The van der Waals surface area contributed by atoms with Crippen molar-refractivity contribution in [2.24, 2.45) is 0 Å². The number of fused-ring (bicyclic) bond motifs is 1.